The van der Waals surface area contributed by atoms with Crippen molar-refractivity contribution in [2.24, 2.45) is 5.73 Å². The van der Waals surface area contributed by atoms with Crippen LogP contribution in [0.5, 0.6) is 0 Å². The number of urea groups is 1. The van der Waals surface area contributed by atoms with Crippen LogP contribution in [0.1, 0.15) is 0 Å². The van der Waals surface area contributed by atoms with Gasteiger partial charge in [-0.1, -0.05) is 18.2 Å². The molecule has 2 amide bonds. The minimum atomic E-state index is -0.618. The molecule has 3 aromatic rings. The Hall–Kier alpha value is -2.82. The highest BCUT2D eigenvalue weighted by Gasteiger charge is 2.05. The highest BCUT2D eigenvalue weighted by atomic mass is 16.2. The molecule has 0 spiro atoms. The third-order valence-corrected chi connectivity index (χ3v) is 3.00. The third-order valence-electron chi connectivity index (χ3n) is 3.00. The van der Waals surface area contributed by atoms with Crippen LogP contribution in [0.3, 0.4) is 0 Å². The van der Waals surface area contributed by atoms with Crippen molar-refractivity contribution in [1.29, 1.82) is 0 Å². The number of fused-ring (bicyclic) bond motifs is 3. The number of nitrogens with two attached hydrogens (primary N) is 1. The lowest BCUT2D eigenvalue weighted by molar-refractivity contribution is 0.259. The molecule has 4 N–H and O–H groups in total. The fourth-order valence-corrected chi connectivity index (χ4v) is 2.20. The molecule has 0 saturated heterocycles. The van der Waals surface area contributed by atoms with E-state index in [9.17, 15) is 9.59 Å². The van der Waals surface area contributed by atoms with Gasteiger partial charge in [-0.15, -0.1) is 0 Å². The van der Waals surface area contributed by atoms with Gasteiger partial charge < -0.3 is 16.0 Å². The first kappa shape index (κ1) is 11.3. The molecule has 1 heterocycles. The van der Waals surface area contributed by atoms with Crippen LogP contribution in [0.4, 0.5) is 10.5 Å². The predicted molar refractivity (Wildman–Crippen MR) is 75.3 cm³/mol. The van der Waals surface area contributed by atoms with E-state index in [4.69, 9.17) is 5.73 Å². The molecule has 3 rings (SSSR count). The van der Waals surface area contributed by atoms with Crippen molar-refractivity contribution < 1.29 is 4.79 Å². The minimum absolute atomic E-state index is 0.126. The molecule has 5 nitrogen and oxygen atoms in total. The van der Waals surface area contributed by atoms with Crippen molar-refractivity contribution in [3.05, 3.63) is 52.8 Å². The molecular formula is C14H11N3O2. The standard InChI is InChI=1S/C14H11N3O2/c15-14(19)16-8-5-6-12-11(7-8)9-3-1-2-4-10(9)13(18)17-12/h1-7H,(H,17,18)(H3,15,16,19). The lowest BCUT2D eigenvalue weighted by Gasteiger charge is -2.06. The topological polar surface area (TPSA) is 88.0 Å². The van der Waals surface area contributed by atoms with Crippen LogP contribution < -0.4 is 16.6 Å². The van der Waals surface area contributed by atoms with E-state index in [1.54, 1.807) is 24.3 Å². The number of carbonyl (C=O) groups is 1. The van der Waals surface area contributed by atoms with E-state index in [1.165, 1.54) is 0 Å². The summed E-state index contributed by atoms with van der Waals surface area (Å²) >= 11 is 0. The summed E-state index contributed by atoms with van der Waals surface area (Å²) in [6, 6.07) is 11.9. The Balaban J connectivity index is 2.37. The van der Waals surface area contributed by atoms with E-state index >= 15 is 0 Å². The Bertz CT molecular complexity index is 852. The Morgan fingerprint density at radius 3 is 2.53 bits per heavy atom. The van der Waals surface area contributed by atoms with Crippen LogP contribution >= 0.6 is 0 Å². The molecule has 0 bridgehead atoms. The van der Waals surface area contributed by atoms with Crippen LogP contribution in [0.25, 0.3) is 21.7 Å². The van der Waals surface area contributed by atoms with Gasteiger partial charge in [0.15, 0.2) is 0 Å². The normalized spacial score (nSPS) is 10.7. The maximum absolute atomic E-state index is 11.9. The average molecular weight is 253 g/mol. The van der Waals surface area contributed by atoms with Gasteiger partial charge in [-0.2, -0.15) is 0 Å². The van der Waals surface area contributed by atoms with Crippen LogP contribution in [0, 0.1) is 0 Å². The Kier molecular flexibility index (Phi) is 2.45. The second-order valence-corrected chi connectivity index (χ2v) is 4.25. The van der Waals surface area contributed by atoms with E-state index < -0.39 is 6.03 Å². The summed E-state index contributed by atoms with van der Waals surface area (Å²) in [4.78, 5) is 25.6. The number of primary amides is 1. The Labute approximate surface area is 108 Å². The zero-order chi connectivity index (χ0) is 13.4. The fraction of sp³-hybridized carbons (Fsp3) is 0. The largest absolute Gasteiger partial charge is 0.351 e. The highest BCUT2D eigenvalue weighted by Crippen LogP contribution is 2.23. The summed E-state index contributed by atoms with van der Waals surface area (Å²) in [5.74, 6) is 0. The number of aromatic amines is 1. The molecule has 0 fully saturated rings. The Morgan fingerprint density at radius 1 is 1.05 bits per heavy atom. The van der Waals surface area contributed by atoms with Crippen molar-refractivity contribution in [2.45, 2.75) is 0 Å². The molecule has 0 radical (unpaired) electrons. The van der Waals surface area contributed by atoms with Crippen molar-refractivity contribution in [2.75, 3.05) is 5.32 Å². The number of amides is 2. The molecule has 0 aliphatic rings. The number of nitrogens with one attached hydrogen (secondary N) is 2. The monoisotopic (exact) mass is 253 g/mol. The summed E-state index contributed by atoms with van der Waals surface area (Å²) in [6.45, 7) is 0. The van der Waals surface area contributed by atoms with Crippen LogP contribution in [-0.2, 0) is 0 Å². The molecule has 0 aliphatic heterocycles. The van der Waals surface area contributed by atoms with Gasteiger partial charge in [-0.3, -0.25) is 4.79 Å². The number of hydrogen-bond donors (Lipinski definition) is 3. The molecule has 19 heavy (non-hydrogen) atoms. The van der Waals surface area contributed by atoms with E-state index in [2.05, 4.69) is 10.3 Å². The quantitative estimate of drug-likeness (QED) is 0.580. The first-order valence-electron chi connectivity index (χ1n) is 5.76. The van der Waals surface area contributed by atoms with Crippen LogP contribution in [0.15, 0.2) is 47.3 Å². The van der Waals surface area contributed by atoms with Gasteiger partial charge in [0.2, 0.25) is 0 Å². The molecular weight excluding hydrogens is 242 g/mol. The maximum atomic E-state index is 11.9. The lowest BCUT2D eigenvalue weighted by Crippen LogP contribution is -2.19. The second kappa shape index (κ2) is 4.13. The number of H-pyrrole nitrogens is 1. The van der Waals surface area contributed by atoms with Crippen molar-refractivity contribution in [1.82, 2.24) is 4.98 Å². The van der Waals surface area contributed by atoms with Crippen molar-refractivity contribution in [3.63, 3.8) is 0 Å². The number of anilines is 1. The predicted octanol–water partition coefficient (Wildman–Crippen LogP) is 2.17. The Morgan fingerprint density at radius 2 is 1.79 bits per heavy atom. The first-order valence-corrected chi connectivity index (χ1v) is 5.76. The average Bonchev–Trinajstić information content (AvgIpc) is 2.39. The number of aromatic nitrogens is 1. The van der Waals surface area contributed by atoms with Gasteiger partial charge in [0.05, 0.1) is 0 Å². The van der Waals surface area contributed by atoms with Gasteiger partial charge >= 0.3 is 6.03 Å². The summed E-state index contributed by atoms with van der Waals surface area (Å²) in [7, 11) is 0. The molecule has 0 saturated carbocycles. The SMILES string of the molecule is NC(=O)Nc1ccc2[nH]c(=O)c3ccccc3c2c1. The van der Waals surface area contributed by atoms with Gasteiger partial charge in [0, 0.05) is 22.0 Å². The van der Waals surface area contributed by atoms with Crippen LogP contribution in [0.2, 0.25) is 0 Å². The summed E-state index contributed by atoms with van der Waals surface area (Å²) < 4.78 is 0. The van der Waals surface area contributed by atoms with Gasteiger partial charge in [0.25, 0.3) is 5.56 Å². The summed E-state index contributed by atoms with van der Waals surface area (Å²) in [6.07, 6.45) is 0. The van der Waals surface area contributed by atoms with E-state index in [-0.39, 0.29) is 5.56 Å². The number of benzene rings is 2. The molecule has 0 atom stereocenters. The number of carbonyl (C=O) groups excluding carboxylic acids is 1. The smallest absolute Gasteiger partial charge is 0.316 e. The van der Waals surface area contributed by atoms with Gasteiger partial charge in [0.1, 0.15) is 0 Å². The van der Waals surface area contributed by atoms with Crippen molar-refractivity contribution >= 4 is 33.4 Å². The van der Waals surface area contributed by atoms with E-state index in [0.29, 0.717) is 11.1 Å². The second-order valence-electron chi connectivity index (χ2n) is 4.25. The molecule has 5 heteroatoms. The summed E-state index contributed by atoms with van der Waals surface area (Å²) in [5.41, 5.74) is 6.29. The summed E-state index contributed by atoms with van der Waals surface area (Å²) in [5, 5.41) is 4.84. The molecule has 0 aliphatic carbocycles. The number of hydrogen-bond acceptors (Lipinski definition) is 2. The molecule has 2 aromatic carbocycles. The van der Waals surface area contributed by atoms with Gasteiger partial charge in [-0.05, 0) is 29.7 Å². The van der Waals surface area contributed by atoms with Crippen molar-refractivity contribution in [3.8, 4) is 0 Å². The molecule has 1 aromatic heterocycles. The fourth-order valence-electron chi connectivity index (χ4n) is 2.20. The lowest BCUT2D eigenvalue weighted by atomic mass is 10.1. The van der Waals surface area contributed by atoms with E-state index in [1.807, 2.05) is 18.2 Å². The zero-order valence-corrected chi connectivity index (χ0v) is 9.94. The molecule has 0 unspecified atom stereocenters. The van der Waals surface area contributed by atoms with Crippen LogP contribution in [-0.4, -0.2) is 11.0 Å². The maximum Gasteiger partial charge on any atom is 0.316 e. The number of rotatable bonds is 1. The highest BCUT2D eigenvalue weighted by molar-refractivity contribution is 6.07. The number of pyridine rings is 1. The molecule has 94 valence electrons. The third kappa shape index (κ3) is 1.91. The zero-order valence-electron chi connectivity index (χ0n) is 9.94. The first-order chi connectivity index (χ1) is 9.15. The van der Waals surface area contributed by atoms with Gasteiger partial charge in [-0.25, -0.2) is 4.79 Å². The minimum Gasteiger partial charge on any atom is -0.351 e. The van der Waals surface area contributed by atoms with E-state index in [0.717, 1.165) is 16.3 Å².